The van der Waals surface area contributed by atoms with Crippen LogP contribution in [-0.2, 0) is 4.74 Å². The van der Waals surface area contributed by atoms with Crippen molar-refractivity contribution in [3.05, 3.63) is 34.9 Å². The lowest BCUT2D eigenvalue weighted by atomic mass is 10.1. The van der Waals surface area contributed by atoms with Crippen molar-refractivity contribution < 1.29 is 9.53 Å². The maximum atomic E-state index is 11.8. The molecule has 1 aromatic rings. The summed E-state index contributed by atoms with van der Waals surface area (Å²) in [5, 5.41) is 3.18. The van der Waals surface area contributed by atoms with Crippen molar-refractivity contribution in [2.45, 2.75) is 39.2 Å². The molecule has 4 heteroatoms. The Kier molecular flexibility index (Phi) is 4.39. The van der Waals surface area contributed by atoms with E-state index in [0.717, 1.165) is 5.56 Å². The van der Waals surface area contributed by atoms with Gasteiger partial charge in [0.15, 0.2) is 0 Å². The molecule has 1 saturated carbocycles. The summed E-state index contributed by atoms with van der Waals surface area (Å²) >= 11 is 6.09. The van der Waals surface area contributed by atoms with Crippen LogP contribution in [0.4, 0.5) is 10.5 Å². The zero-order valence-corrected chi connectivity index (χ0v) is 12.8. The summed E-state index contributed by atoms with van der Waals surface area (Å²) in [6.07, 6.45) is 6.30. The Hall–Kier alpha value is -1.48. The van der Waals surface area contributed by atoms with Crippen molar-refractivity contribution in [2.24, 2.45) is 5.92 Å². The highest BCUT2D eigenvalue weighted by atomic mass is 35.5. The molecule has 20 heavy (non-hydrogen) atoms. The first kappa shape index (κ1) is 14.9. The minimum absolute atomic E-state index is 0.497. The van der Waals surface area contributed by atoms with Crippen LogP contribution in [0.25, 0.3) is 6.08 Å². The van der Waals surface area contributed by atoms with E-state index in [0.29, 0.717) is 16.6 Å². The van der Waals surface area contributed by atoms with Gasteiger partial charge in [-0.15, -0.1) is 0 Å². The molecule has 0 atom stereocenters. The summed E-state index contributed by atoms with van der Waals surface area (Å²) in [7, 11) is 0. The topological polar surface area (TPSA) is 38.3 Å². The number of amides is 1. The number of hydrogen-bond acceptors (Lipinski definition) is 2. The van der Waals surface area contributed by atoms with Crippen LogP contribution in [0.2, 0.25) is 5.02 Å². The minimum atomic E-state index is -0.528. The number of rotatable bonds is 3. The van der Waals surface area contributed by atoms with E-state index in [9.17, 15) is 4.79 Å². The molecule has 108 valence electrons. The molecule has 1 aliphatic carbocycles. The Bertz CT molecular complexity index is 528. The second-order valence-electron chi connectivity index (χ2n) is 6.06. The highest BCUT2D eigenvalue weighted by Gasteiger charge is 2.18. The van der Waals surface area contributed by atoms with Gasteiger partial charge < -0.3 is 4.74 Å². The van der Waals surface area contributed by atoms with Crippen molar-refractivity contribution in [1.82, 2.24) is 0 Å². The number of benzene rings is 1. The molecule has 0 spiro atoms. The van der Waals surface area contributed by atoms with E-state index in [4.69, 9.17) is 16.3 Å². The maximum Gasteiger partial charge on any atom is 0.412 e. The largest absolute Gasteiger partial charge is 0.444 e. The van der Waals surface area contributed by atoms with Crippen LogP contribution in [0.1, 0.15) is 39.2 Å². The number of carbonyl (C=O) groups is 1. The van der Waals surface area contributed by atoms with Crippen molar-refractivity contribution in [3.63, 3.8) is 0 Å². The maximum absolute atomic E-state index is 11.8. The summed E-state index contributed by atoms with van der Waals surface area (Å²) in [5.74, 6) is 0.716. The smallest absolute Gasteiger partial charge is 0.412 e. The fourth-order valence-electron chi connectivity index (χ4n) is 1.69. The van der Waals surface area contributed by atoms with Crippen LogP contribution in [0, 0.1) is 5.92 Å². The fraction of sp³-hybridized carbons (Fsp3) is 0.438. The number of halogens is 1. The van der Waals surface area contributed by atoms with Gasteiger partial charge in [0.1, 0.15) is 5.60 Å². The minimum Gasteiger partial charge on any atom is -0.444 e. The summed E-state index contributed by atoms with van der Waals surface area (Å²) in [6.45, 7) is 5.47. The monoisotopic (exact) mass is 293 g/mol. The zero-order chi connectivity index (χ0) is 14.8. The van der Waals surface area contributed by atoms with Gasteiger partial charge in [-0.3, -0.25) is 5.32 Å². The highest BCUT2D eigenvalue weighted by molar-refractivity contribution is 6.33. The molecule has 0 aliphatic heterocycles. The van der Waals surface area contributed by atoms with Crippen LogP contribution in [-0.4, -0.2) is 11.7 Å². The van der Waals surface area contributed by atoms with Gasteiger partial charge in [0.2, 0.25) is 0 Å². The average Bonchev–Trinajstić information content (AvgIpc) is 3.11. The van der Waals surface area contributed by atoms with Gasteiger partial charge in [0.25, 0.3) is 0 Å². The first-order valence-corrected chi connectivity index (χ1v) is 7.19. The molecule has 1 aliphatic rings. The second kappa shape index (κ2) is 5.88. The lowest BCUT2D eigenvalue weighted by Crippen LogP contribution is -2.27. The van der Waals surface area contributed by atoms with E-state index in [-0.39, 0.29) is 0 Å². The van der Waals surface area contributed by atoms with Crippen LogP contribution in [0.5, 0.6) is 0 Å². The third kappa shape index (κ3) is 4.89. The summed E-state index contributed by atoms with van der Waals surface area (Å²) < 4.78 is 5.22. The van der Waals surface area contributed by atoms with Gasteiger partial charge in [-0.05, 0) is 57.2 Å². The third-order valence-corrected chi connectivity index (χ3v) is 3.14. The number of anilines is 1. The Morgan fingerprint density at radius 1 is 1.40 bits per heavy atom. The zero-order valence-electron chi connectivity index (χ0n) is 12.1. The highest BCUT2D eigenvalue weighted by Crippen LogP contribution is 2.31. The lowest BCUT2D eigenvalue weighted by Gasteiger charge is -2.20. The molecule has 0 unspecified atom stereocenters. The van der Waals surface area contributed by atoms with E-state index < -0.39 is 11.7 Å². The van der Waals surface area contributed by atoms with Crippen molar-refractivity contribution >= 4 is 29.5 Å². The van der Waals surface area contributed by atoms with Gasteiger partial charge in [0, 0.05) is 0 Å². The molecule has 0 radical (unpaired) electrons. The average molecular weight is 294 g/mol. The van der Waals surface area contributed by atoms with Gasteiger partial charge in [-0.2, -0.15) is 0 Å². The molecule has 1 aromatic carbocycles. The molecule has 3 nitrogen and oxygen atoms in total. The predicted octanol–water partition coefficient (Wildman–Crippen LogP) is 5.11. The van der Waals surface area contributed by atoms with Crippen LogP contribution in [0.15, 0.2) is 24.3 Å². The quantitative estimate of drug-likeness (QED) is 0.841. The summed E-state index contributed by atoms with van der Waals surface area (Å²) in [4.78, 5) is 11.8. The van der Waals surface area contributed by atoms with E-state index in [1.165, 1.54) is 12.8 Å². The number of nitrogens with one attached hydrogen (secondary N) is 1. The molecule has 1 N–H and O–H groups in total. The van der Waals surface area contributed by atoms with E-state index in [1.54, 1.807) is 6.07 Å². The van der Waals surface area contributed by atoms with E-state index in [2.05, 4.69) is 17.5 Å². The van der Waals surface area contributed by atoms with Crippen LogP contribution < -0.4 is 5.32 Å². The fourth-order valence-corrected chi connectivity index (χ4v) is 1.86. The van der Waals surface area contributed by atoms with Crippen LogP contribution in [0.3, 0.4) is 0 Å². The molecule has 1 amide bonds. The molecular weight excluding hydrogens is 274 g/mol. The third-order valence-electron chi connectivity index (χ3n) is 2.81. The molecule has 2 rings (SSSR count). The SMILES string of the molecule is CC(C)(C)OC(=O)Nc1cc(/C=C/C2CC2)ccc1Cl. The van der Waals surface area contributed by atoms with Crippen LogP contribution >= 0.6 is 11.6 Å². The van der Waals surface area contributed by atoms with Crippen molar-refractivity contribution in [2.75, 3.05) is 5.32 Å². The van der Waals surface area contributed by atoms with E-state index >= 15 is 0 Å². The Morgan fingerprint density at radius 3 is 2.70 bits per heavy atom. The standard InChI is InChI=1S/C16H20ClNO2/c1-16(2,3)20-15(19)18-14-10-12(8-9-13(14)17)7-6-11-4-5-11/h6-11H,4-5H2,1-3H3,(H,18,19)/b7-6+. The van der Waals surface area contributed by atoms with Gasteiger partial charge in [-0.1, -0.05) is 29.8 Å². The second-order valence-corrected chi connectivity index (χ2v) is 6.47. The Balaban J connectivity index is 2.05. The molecule has 0 saturated heterocycles. The number of allylic oxidation sites excluding steroid dienone is 1. The number of carbonyl (C=O) groups excluding carboxylic acids is 1. The molecule has 1 fully saturated rings. The molecule has 0 heterocycles. The number of ether oxygens (including phenoxy) is 1. The van der Waals surface area contributed by atoms with Crippen molar-refractivity contribution in [1.29, 1.82) is 0 Å². The molecule has 0 bridgehead atoms. The summed E-state index contributed by atoms with van der Waals surface area (Å²) in [5.41, 5.74) is 1.06. The molecule has 0 aromatic heterocycles. The summed E-state index contributed by atoms with van der Waals surface area (Å²) in [6, 6.07) is 5.56. The van der Waals surface area contributed by atoms with Gasteiger partial charge >= 0.3 is 6.09 Å². The number of hydrogen-bond donors (Lipinski definition) is 1. The normalized spacial score (nSPS) is 15.4. The lowest BCUT2D eigenvalue weighted by molar-refractivity contribution is 0.0636. The first-order valence-electron chi connectivity index (χ1n) is 6.81. The van der Waals surface area contributed by atoms with Gasteiger partial charge in [-0.25, -0.2) is 4.79 Å². The van der Waals surface area contributed by atoms with E-state index in [1.807, 2.05) is 32.9 Å². The van der Waals surface area contributed by atoms with Crippen molar-refractivity contribution in [3.8, 4) is 0 Å². The Labute approximate surface area is 125 Å². The predicted molar refractivity (Wildman–Crippen MR) is 83.1 cm³/mol. The first-order chi connectivity index (χ1) is 9.33. The van der Waals surface area contributed by atoms with Gasteiger partial charge in [0.05, 0.1) is 10.7 Å². The Morgan fingerprint density at radius 2 is 2.10 bits per heavy atom. The molecular formula is C16H20ClNO2.